The zero-order chi connectivity index (χ0) is 30.5. The van der Waals surface area contributed by atoms with Gasteiger partial charge in [0.25, 0.3) is 5.56 Å². The number of esters is 3. The molecule has 0 unspecified atom stereocenters. The summed E-state index contributed by atoms with van der Waals surface area (Å²) in [4.78, 5) is 66.0. The molecular weight excluding hydrogens is 563 g/mol. The van der Waals surface area contributed by atoms with E-state index < -0.39 is 71.8 Å². The van der Waals surface area contributed by atoms with E-state index in [9.17, 15) is 24.0 Å². The molecule has 1 saturated heterocycles. The summed E-state index contributed by atoms with van der Waals surface area (Å²) >= 11 is 0. The van der Waals surface area contributed by atoms with Crippen molar-refractivity contribution in [3.63, 3.8) is 0 Å². The number of aromatic amines is 1. The summed E-state index contributed by atoms with van der Waals surface area (Å²) in [6, 6.07) is 23.7. The zero-order valence-corrected chi connectivity index (χ0v) is 22.7. The summed E-state index contributed by atoms with van der Waals surface area (Å²) in [5.74, 6) is -3.73. The molecule has 5 rings (SSSR count). The molecule has 1 aliphatic rings. The van der Waals surface area contributed by atoms with Crippen LogP contribution in [0.5, 0.6) is 0 Å². The fraction of sp³-hybridized carbons (Fsp3) is 0.194. The number of carbonyl (C=O) groups is 3. The van der Waals surface area contributed by atoms with Crippen molar-refractivity contribution in [2.75, 3.05) is 6.61 Å². The van der Waals surface area contributed by atoms with Gasteiger partial charge in [0.2, 0.25) is 5.95 Å². The lowest BCUT2D eigenvalue weighted by Crippen LogP contribution is -2.44. The number of rotatable bonds is 8. The fourth-order valence-corrected chi connectivity index (χ4v) is 4.51. The smallest absolute Gasteiger partial charge is 0.338 e. The van der Waals surface area contributed by atoms with Gasteiger partial charge in [-0.25, -0.2) is 23.7 Å². The molecule has 12 heteroatoms. The zero-order valence-electron chi connectivity index (χ0n) is 22.7. The number of hydrogen-bond acceptors (Lipinski definition) is 9. The Morgan fingerprint density at radius 2 is 1.23 bits per heavy atom. The van der Waals surface area contributed by atoms with Crippen molar-refractivity contribution in [2.45, 2.75) is 31.5 Å². The number of ether oxygens (including phenoxy) is 4. The Labute approximate surface area is 243 Å². The second-order valence-corrected chi connectivity index (χ2v) is 9.55. The van der Waals surface area contributed by atoms with E-state index in [4.69, 9.17) is 18.9 Å². The Morgan fingerprint density at radius 3 is 1.74 bits per heavy atom. The van der Waals surface area contributed by atoms with Crippen molar-refractivity contribution in [1.29, 1.82) is 0 Å². The molecule has 1 fully saturated rings. The van der Waals surface area contributed by atoms with Gasteiger partial charge in [-0.15, -0.1) is 0 Å². The minimum Gasteiger partial charge on any atom is -0.459 e. The van der Waals surface area contributed by atoms with E-state index in [2.05, 4.69) is 0 Å². The maximum Gasteiger partial charge on any atom is 0.338 e. The Hall–Kier alpha value is -5.36. The Kier molecular flexibility index (Phi) is 8.58. The molecule has 0 amide bonds. The average Bonchev–Trinajstić information content (AvgIpc) is 3.35. The van der Waals surface area contributed by atoms with E-state index in [1.165, 1.54) is 36.4 Å². The first-order valence-corrected chi connectivity index (χ1v) is 13.1. The number of nitrogens with one attached hydrogen (secondary N) is 1. The number of H-pyrrole nitrogens is 1. The minimum atomic E-state index is -1.73. The van der Waals surface area contributed by atoms with Crippen LogP contribution >= 0.6 is 0 Å². The summed E-state index contributed by atoms with van der Waals surface area (Å²) in [6.07, 6.45) is -6.19. The summed E-state index contributed by atoms with van der Waals surface area (Å²) in [5.41, 5.74) is -2.13. The van der Waals surface area contributed by atoms with Gasteiger partial charge in [-0.2, -0.15) is 4.39 Å². The molecule has 0 spiro atoms. The summed E-state index contributed by atoms with van der Waals surface area (Å²) < 4.78 is 38.8. The Balaban J connectivity index is 1.55. The molecule has 43 heavy (non-hydrogen) atoms. The lowest BCUT2D eigenvalue weighted by molar-refractivity contribution is -0.0685. The van der Waals surface area contributed by atoms with Crippen molar-refractivity contribution < 1.29 is 37.7 Å². The SMILES string of the molecule is Cc1c(F)n([C@H]2O[C@H](COC(=O)c3ccccc3)[C@@H](OC(=O)c3ccccc3)[C@H]2OC(=O)c2ccccc2)c(=O)[nH]c1=O. The van der Waals surface area contributed by atoms with Crippen LogP contribution in [0.3, 0.4) is 0 Å². The largest absolute Gasteiger partial charge is 0.459 e. The van der Waals surface area contributed by atoms with E-state index in [0.29, 0.717) is 4.57 Å². The predicted molar refractivity (Wildman–Crippen MR) is 148 cm³/mol. The van der Waals surface area contributed by atoms with Gasteiger partial charge < -0.3 is 18.9 Å². The van der Waals surface area contributed by atoms with Crippen LogP contribution in [-0.4, -0.2) is 52.4 Å². The normalized spacial score (nSPS) is 19.4. The Morgan fingerprint density at radius 1 is 0.767 bits per heavy atom. The molecule has 4 atom stereocenters. The molecule has 1 aliphatic heterocycles. The van der Waals surface area contributed by atoms with Crippen LogP contribution in [0.15, 0.2) is 101 Å². The van der Waals surface area contributed by atoms with Crippen LogP contribution < -0.4 is 11.2 Å². The van der Waals surface area contributed by atoms with Gasteiger partial charge in [0.1, 0.15) is 12.7 Å². The molecule has 1 aromatic heterocycles. The van der Waals surface area contributed by atoms with E-state index >= 15 is 4.39 Å². The molecule has 0 radical (unpaired) electrons. The van der Waals surface area contributed by atoms with Crippen LogP contribution in [0, 0.1) is 12.9 Å². The lowest BCUT2D eigenvalue weighted by Gasteiger charge is -2.25. The van der Waals surface area contributed by atoms with E-state index in [0.717, 1.165) is 6.92 Å². The number of carbonyl (C=O) groups excluding carboxylic acids is 3. The standard InChI is InChI=1S/C31H25FN2O9/c1-18-25(32)34(31(39)33-26(18)35)27-24(43-30(38)21-15-9-4-10-16-21)23(42-29(37)20-13-7-3-8-14-20)22(41-27)17-40-28(36)19-11-5-2-6-12-19/h2-16,22-24,27H,17H2,1H3,(H,33,35,39)/t22-,23-,24-,27+/m1/s1. The van der Waals surface area contributed by atoms with Crippen molar-refractivity contribution >= 4 is 17.9 Å². The van der Waals surface area contributed by atoms with Crippen molar-refractivity contribution in [2.24, 2.45) is 0 Å². The van der Waals surface area contributed by atoms with Gasteiger partial charge in [-0.3, -0.25) is 9.78 Å². The van der Waals surface area contributed by atoms with Crippen molar-refractivity contribution in [3.8, 4) is 0 Å². The van der Waals surface area contributed by atoms with Crippen LogP contribution in [0.2, 0.25) is 0 Å². The third kappa shape index (κ3) is 6.28. The minimum absolute atomic E-state index is 0.110. The monoisotopic (exact) mass is 588 g/mol. The van der Waals surface area contributed by atoms with E-state index in [1.807, 2.05) is 4.98 Å². The third-order valence-corrected chi connectivity index (χ3v) is 6.73. The van der Waals surface area contributed by atoms with Crippen LogP contribution in [0.25, 0.3) is 0 Å². The molecular formula is C31H25FN2O9. The van der Waals surface area contributed by atoms with E-state index in [1.54, 1.807) is 54.6 Å². The molecule has 3 aromatic carbocycles. The van der Waals surface area contributed by atoms with E-state index in [-0.39, 0.29) is 16.7 Å². The highest BCUT2D eigenvalue weighted by atomic mass is 19.1. The van der Waals surface area contributed by atoms with Gasteiger partial charge in [0.05, 0.1) is 22.3 Å². The highest BCUT2D eigenvalue weighted by molar-refractivity contribution is 5.91. The predicted octanol–water partition coefficient (Wildman–Crippen LogP) is 3.19. The number of nitrogens with zero attached hydrogens (tertiary/aromatic N) is 1. The fourth-order valence-electron chi connectivity index (χ4n) is 4.51. The third-order valence-electron chi connectivity index (χ3n) is 6.73. The highest BCUT2D eigenvalue weighted by Gasteiger charge is 2.52. The van der Waals surface area contributed by atoms with Gasteiger partial charge in [0.15, 0.2) is 18.4 Å². The topological polar surface area (TPSA) is 143 Å². The maximum absolute atomic E-state index is 15.5. The molecule has 1 N–H and O–H groups in total. The van der Waals surface area contributed by atoms with Crippen LogP contribution in [0.1, 0.15) is 42.9 Å². The average molecular weight is 589 g/mol. The van der Waals surface area contributed by atoms with Gasteiger partial charge >= 0.3 is 23.6 Å². The number of aromatic nitrogens is 2. The second kappa shape index (κ2) is 12.7. The van der Waals surface area contributed by atoms with Gasteiger partial charge in [0, 0.05) is 0 Å². The first kappa shape index (κ1) is 29.1. The highest BCUT2D eigenvalue weighted by Crippen LogP contribution is 2.35. The van der Waals surface area contributed by atoms with Crippen LogP contribution in [-0.2, 0) is 18.9 Å². The summed E-state index contributed by atoms with van der Waals surface area (Å²) in [5, 5.41) is 0. The molecule has 220 valence electrons. The summed E-state index contributed by atoms with van der Waals surface area (Å²) in [6.45, 7) is 0.616. The molecule has 11 nitrogen and oxygen atoms in total. The number of benzene rings is 3. The van der Waals surface area contributed by atoms with Gasteiger partial charge in [-0.05, 0) is 43.3 Å². The molecule has 2 heterocycles. The molecule has 4 aromatic rings. The molecule has 0 saturated carbocycles. The van der Waals surface area contributed by atoms with Crippen molar-refractivity contribution in [3.05, 3.63) is 140 Å². The quantitative estimate of drug-likeness (QED) is 0.187. The molecule has 0 aliphatic carbocycles. The number of hydrogen-bond donors (Lipinski definition) is 1. The van der Waals surface area contributed by atoms with Crippen molar-refractivity contribution in [1.82, 2.24) is 9.55 Å². The van der Waals surface area contributed by atoms with Crippen LogP contribution in [0.4, 0.5) is 4.39 Å². The first-order valence-electron chi connectivity index (χ1n) is 13.1. The molecule has 0 bridgehead atoms. The Bertz CT molecular complexity index is 1740. The maximum atomic E-state index is 15.5. The lowest BCUT2D eigenvalue weighted by atomic mass is 10.1. The second-order valence-electron chi connectivity index (χ2n) is 9.55. The summed E-state index contributed by atoms with van der Waals surface area (Å²) in [7, 11) is 0. The first-order chi connectivity index (χ1) is 20.7. The number of halogens is 1. The van der Waals surface area contributed by atoms with Gasteiger partial charge in [-0.1, -0.05) is 54.6 Å².